The Morgan fingerprint density at radius 3 is 2.78 bits per heavy atom. The third-order valence-corrected chi connectivity index (χ3v) is 5.66. The van der Waals surface area contributed by atoms with Crippen LogP contribution in [0.25, 0.3) is 0 Å². The van der Waals surface area contributed by atoms with Crippen LogP contribution in [0.15, 0.2) is 24.5 Å². The Bertz CT molecular complexity index is 631. The van der Waals surface area contributed by atoms with E-state index < -0.39 is 5.60 Å². The molecular formula is C23H36N2O2. The highest BCUT2D eigenvalue weighted by atomic mass is 16.5. The molecule has 0 saturated carbocycles. The predicted molar refractivity (Wildman–Crippen MR) is 110 cm³/mol. The summed E-state index contributed by atoms with van der Waals surface area (Å²) in [5, 5.41) is 10.7. The molecule has 150 valence electrons. The number of hydrogen-bond acceptors (Lipinski definition) is 4. The fourth-order valence-electron chi connectivity index (χ4n) is 3.71. The highest BCUT2D eigenvalue weighted by molar-refractivity contribution is 5.20. The second-order valence-corrected chi connectivity index (χ2v) is 8.57. The number of aliphatic hydroxyl groups is 1. The van der Waals surface area contributed by atoms with Crippen LogP contribution in [0, 0.1) is 11.8 Å². The van der Waals surface area contributed by atoms with Crippen LogP contribution in [0.1, 0.15) is 77.8 Å². The van der Waals surface area contributed by atoms with Gasteiger partial charge in [0.25, 0.3) is 0 Å². The Morgan fingerprint density at radius 2 is 2.11 bits per heavy atom. The largest absolute Gasteiger partial charge is 0.379 e. The molecule has 1 aliphatic rings. The molecule has 4 nitrogen and oxygen atoms in total. The maximum Gasteiger partial charge on any atom is 0.122 e. The molecule has 1 fully saturated rings. The predicted octanol–water partition coefficient (Wildman–Crippen LogP) is 4.35. The van der Waals surface area contributed by atoms with Gasteiger partial charge in [-0.05, 0) is 78.0 Å². The molecule has 0 unspecified atom stereocenters. The minimum atomic E-state index is -0.961. The lowest BCUT2D eigenvalue weighted by molar-refractivity contribution is 0.00830. The lowest BCUT2D eigenvalue weighted by atomic mass is 9.93. The summed E-state index contributed by atoms with van der Waals surface area (Å²) < 4.78 is 5.45. The van der Waals surface area contributed by atoms with Gasteiger partial charge in [0, 0.05) is 25.5 Å². The summed E-state index contributed by atoms with van der Waals surface area (Å²) in [4.78, 5) is 6.74. The first-order valence-electron chi connectivity index (χ1n) is 10.2. The number of hydrogen-bond donors (Lipinski definition) is 1. The maximum atomic E-state index is 10.7. The summed E-state index contributed by atoms with van der Waals surface area (Å²) in [5.41, 5.74) is 0.151. The lowest BCUT2D eigenvalue weighted by Gasteiger charge is -2.38. The fourth-order valence-corrected chi connectivity index (χ4v) is 3.71. The summed E-state index contributed by atoms with van der Waals surface area (Å²) >= 11 is 0. The summed E-state index contributed by atoms with van der Waals surface area (Å²) in [6.45, 7) is 9.15. The molecule has 27 heavy (non-hydrogen) atoms. The fraction of sp³-hybridized carbons (Fsp3) is 0.696. The Morgan fingerprint density at radius 1 is 1.33 bits per heavy atom. The average Bonchev–Trinajstić information content (AvgIpc) is 2.66. The number of ether oxygens (including phenoxy) is 1. The maximum absolute atomic E-state index is 10.7. The van der Waals surface area contributed by atoms with E-state index in [1.54, 1.807) is 7.11 Å². The quantitative estimate of drug-likeness (QED) is 0.723. The summed E-state index contributed by atoms with van der Waals surface area (Å²) in [7, 11) is 1.73. The number of pyridine rings is 1. The van der Waals surface area contributed by atoms with E-state index in [4.69, 9.17) is 4.74 Å². The molecular weight excluding hydrogens is 336 g/mol. The number of rotatable bonds is 7. The Kier molecular flexibility index (Phi) is 7.85. The van der Waals surface area contributed by atoms with Crippen LogP contribution in [-0.4, -0.2) is 45.9 Å². The minimum absolute atomic E-state index is 0.109. The highest BCUT2D eigenvalue weighted by Gasteiger charge is 2.27. The molecule has 0 radical (unpaired) electrons. The summed E-state index contributed by atoms with van der Waals surface area (Å²) in [6, 6.07) is 4.64. The standard InChI is InChI=1S/C23H36N2O2/c1-19(12-15-23(4,26)14-9-13-22(2,3)27-5)25-17-7-6-11-21(25)20-10-8-16-24-18-20/h8,10,16,18-19,21,26H,6-7,9,11,13-14,17H2,1-5H3/t19-,21+,23-/m0/s1. The van der Waals surface area contributed by atoms with Crippen LogP contribution in [-0.2, 0) is 4.74 Å². The van der Waals surface area contributed by atoms with Gasteiger partial charge in [-0.15, -0.1) is 0 Å². The van der Waals surface area contributed by atoms with Crippen molar-refractivity contribution in [2.45, 2.75) is 89.5 Å². The van der Waals surface area contributed by atoms with Gasteiger partial charge in [0.05, 0.1) is 11.6 Å². The number of piperidine rings is 1. The van der Waals surface area contributed by atoms with Crippen LogP contribution < -0.4 is 0 Å². The van der Waals surface area contributed by atoms with Gasteiger partial charge in [0.15, 0.2) is 0 Å². The van der Waals surface area contributed by atoms with Gasteiger partial charge in [-0.3, -0.25) is 9.88 Å². The van der Waals surface area contributed by atoms with E-state index in [1.165, 1.54) is 18.4 Å². The smallest absolute Gasteiger partial charge is 0.122 e. The van der Waals surface area contributed by atoms with Gasteiger partial charge in [0.1, 0.15) is 5.60 Å². The summed E-state index contributed by atoms with van der Waals surface area (Å²) in [5.74, 6) is 6.47. The van der Waals surface area contributed by atoms with E-state index in [9.17, 15) is 5.11 Å². The lowest BCUT2D eigenvalue weighted by Crippen LogP contribution is -2.39. The second-order valence-electron chi connectivity index (χ2n) is 8.57. The zero-order valence-corrected chi connectivity index (χ0v) is 17.7. The Balaban J connectivity index is 1.99. The van der Waals surface area contributed by atoms with Crippen LogP contribution in [0.3, 0.4) is 0 Å². The van der Waals surface area contributed by atoms with Gasteiger partial charge in [0.2, 0.25) is 0 Å². The normalized spacial score (nSPS) is 21.8. The molecule has 4 heteroatoms. The second kappa shape index (κ2) is 9.68. The molecule has 1 saturated heterocycles. The molecule has 1 aromatic heterocycles. The van der Waals surface area contributed by atoms with Crippen LogP contribution in [0.2, 0.25) is 0 Å². The number of aromatic nitrogens is 1. The van der Waals surface area contributed by atoms with Crippen molar-refractivity contribution in [1.82, 2.24) is 9.88 Å². The number of nitrogens with zero attached hydrogens (tertiary/aromatic N) is 2. The highest BCUT2D eigenvalue weighted by Crippen LogP contribution is 2.32. The Labute approximate surface area is 165 Å². The molecule has 0 spiro atoms. The molecule has 1 aliphatic heterocycles. The molecule has 0 amide bonds. The molecule has 1 N–H and O–H groups in total. The van der Waals surface area contributed by atoms with Crippen LogP contribution >= 0.6 is 0 Å². The monoisotopic (exact) mass is 372 g/mol. The molecule has 1 aromatic rings. The van der Waals surface area contributed by atoms with E-state index in [1.807, 2.05) is 25.4 Å². The van der Waals surface area contributed by atoms with Gasteiger partial charge in [-0.2, -0.15) is 0 Å². The third kappa shape index (κ3) is 6.92. The topological polar surface area (TPSA) is 45.6 Å². The van der Waals surface area contributed by atoms with Gasteiger partial charge in [-0.1, -0.05) is 24.3 Å². The molecule has 0 aliphatic carbocycles. The molecule has 2 rings (SSSR count). The first-order valence-corrected chi connectivity index (χ1v) is 10.2. The van der Waals surface area contributed by atoms with Crippen molar-refractivity contribution in [1.29, 1.82) is 0 Å². The summed E-state index contributed by atoms with van der Waals surface area (Å²) in [6.07, 6.45) is 9.82. The van der Waals surface area contributed by atoms with Gasteiger partial charge < -0.3 is 9.84 Å². The molecule has 2 heterocycles. The minimum Gasteiger partial charge on any atom is -0.379 e. The van der Waals surface area contributed by atoms with Crippen LogP contribution in [0.5, 0.6) is 0 Å². The molecule has 0 bridgehead atoms. The SMILES string of the molecule is COC(C)(C)CCC[C@](C)(O)C#C[C@H](C)N1CCCC[C@@H]1c1cccnc1. The zero-order valence-electron chi connectivity index (χ0n) is 17.7. The van der Waals surface area contributed by atoms with E-state index in [2.05, 4.69) is 48.6 Å². The Hall–Kier alpha value is -1.41. The first kappa shape index (κ1) is 21.9. The van der Waals surface area contributed by atoms with Crippen molar-refractivity contribution in [2.24, 2.45) is 0 Å². The van der Waals surface area contributed by atoms with Gasteiger partial charge in [-0.25, -0.2) is 0 Å². The third-order valence-electron chi connectivity index (χ3n) is 5.66. The van der Waals surface area contributed by atoms with E-state index >= 15 is 0 Å². The number of methoxy groups -OCH3 is 1. The van der Waals surface area contributed by atoms with Crippen molar-refractivity contribution in [3.63, 3.8) is 0 Å². The van der Waals surface area contributed by atoms with Crippen molar-refractivity contribution in [2.75, 3.05) is 13.7 Å². The van der Waals surface area contributed by atoms with E-state index in [0.29, 0.717) is 12.5 Å². The van der Waals surface area contributed by atoms with Crippen molar-refractivity contribution in [3.8, 4) is 11.8 Å². The van der Waals surface area contributed by atoms with E-state index in [-0.39, 0.29) is 11.6 Å². The van der Waals surface area contributed by atoms with Crippen molar-refractivity contribution < 1.29 is 9.84 Å². The number of likely N-dealkylation sites (tertiary alicyclic amines) is 1. The van der Waals surface area contributed by atoms with Crippen molar-refractivity contribution in [3.05, 3.63) is 30.1 Å². The van der Waals surface area contributed by atoms with Crippen LogP contribution in [0.4, 0.5) is 0 Å². The zero-order chi connectivity index (χ0) is 19.9. The van der Waals surface area contributed by atoms with Crippen molar-refractivity contribution >= 4 is 0 Å². The first-order chi connectivity index (χ1) is 12.7. The van der Waals surface area contributed by atoms with E-state index in [0.717, 1.165) is 25.8 Å². The molecule has 3 atom stereocenters. The average molecular weight is 373 g/mol. The van der Waals surface area contributed by atoms with Gasteiger partial charge >= 0.3 is 0 Å². The molecule has 0 aromatic carbocycles.